The van der Waals surface area contributed by atoms with Crippen LogP contribution in [0.1, 0.15) is 91.7 Å². The standard InChI is InChI=1S/C38H61FN6O7.C3H9N/c1-36(2,32(39)34(50)43-16-9-7-8-15-42-31(49)21-40)24-45-33(38(5,6)37(3,4)14-13-30(41)48)35(51)44-17-18-52-23-26-12-10-11-25-19-27(22-46)29(47)20-28(25)26;1-3-4-2/h10-12,19-20,32-33,45-47H,7-9,13-18,21-24,40H2,1-6H3,(H2,41,48)(H,42,49)(H,43,50)(H,44,51);4H,3H2,1-2H3. The zero-order valence-corrected chi connectivity index (χ0v) is 34.9. The molecule has 0 aliphatic heterocycles. The van der Waals surface area contributed by atoms with E-state index in [1.807, 2.05) is 52.9 Å². The number of hydrogen-bond donors (Lipinski definition) is 9. The van der Waals surface area contributed by atoms with E-state index in [2.05, 4.69) is 33.5 Å². The molecule has 0 aromatic heterocycles. The molecule has 56 heavy (non-hydrogen) atoms. The number of halogens is 1. The Morgan fingerprint density at radius 1 is 0.911 bits per heavy atom. The third-order valence-electron chi connectivity index (χ3n) is 10.6. The third-order valence-corrected chi connectivity index (χ3v) is 10.6. The minimum Gasteiger partial charge on any atom is -0.508 e. The summed E-state index contributed by atoms with van der Waals surface area (Å²) in [5.41, 5.74) is 9.48. The Morgan fingerprint density at radius 3 is 2.12 bits per heavy atom. The van der Waals surface area contributed by atoms with Gasteiger partial charge in [0.15, 0.2) is 6.17 Å². The Labute approximate surface area is 332 Å². The van der Waals surface area contributed by atoms with Gasteiger partial charge in [0.25, 0.3) is 5.91 Å². The number of phenols is 1. The fourth-order valence-electron chi connectivity index (χ4n) is 5.87. The first-order valence-electron chi connectivity index (χ1n) is 19.5. The van der Waals surface area contributed by atoms with Crippen molar-refractivity contribution in [2.24, 2.45) is 27.7 Å². The van der Waals surface area contributed by atoms with E-state index >= 15 is 4.39 Å². The Bertz CT molecular complexity index is 1540. The second-order valence-electron chi connectivity index (χ2n) is 16.0. The number of aliphatic hydroxyl groups is 1. The smallest absolute Gasteiger partial charge is 0.255 e. The lowest BCUT2D eigenvalue weighted by atomic mass is 9.61. The zero-order chi connectivity index (χ0) is 42.5. The lowest BCUT2D eigenvalue weighted by molar-refractivity contribution is -0.131. The minimum atomic E-state index is -1.86. The summed E-state index contributed by atoms with van der Waals surface area (Å²) >= 11 is 0. The molecule has 0 fully saturated rings. The number of nitrogens with two attached hydrogens (primary N) is 2. The van der Waals surface area contributed by atoms with Crippen LogP contribution in [0.15, 0.2) is 30.3 Å². The number of amides is 4. The first kappa shape index (κ1) is 50.1. The number of ether oxygens (including phenoxy) is 1. The lowest BCUT2D eigenvalue weighted by Crippen LogP contribution is -2.60. The van der Waals surface area contributed by atoms with Gasteiger partial charge in [-0.15, -0.1) is 0 Å². The van der Waals surface area contributed by atoms with Crippen LogP contribution in [0.5, 0.6) is 5.75 Å². The zero-order valence-electron chi connectivity index (χ0n) is 34.9. The highest BCUT2D eigenvalue weighted by atomic mass is 19.1. The average Bonchev–Trinajstić information content (AvgIpc) is 3.15. The number of alkyl halides is 1. The first-order valence-corrected chi connectivity index (χ1v) is 19.5. The van der Waals surface area contributed by atoms with Crippen LogP contribution in [0.4, 0.5) is 4.39 Å². The molecule has 15 heteroatoms. The summed E-state index contributed by atoms with van der Waals surface area (Å²) < 4.78 is 21.5. The summed E-state index contributed by atoms with van der Waals surface area (Å²) in [6, 6.07) is 8.11. The van der Waals surface area contributed by atoms with Gasteiger partial charge in [0.2, 0.25) is 17.7 Å². The van der Waals surface area contributed by atoms with E-state index in [9.17, 15) is 29.4 Å². The van der Waals surface area contributed by atoms with E-state index in [0.29, 0.717) is 31.4 Å². The molecule has 0 saturated carbocycles. The van der Waals surface area contributed by atoms with Crippen molar-refractivity contribution < 1.29 is 38.5 Å². The number of primary amides is 1. The normalized spacial score (nSPS) is 13.0. The largest absolute Gasteiger partial charge is 0.508 e. The Kier molecular flexibility index (Phi) is 22.1. The van der Waals surface area contributed by atoms with Crippen molar-refractivity contribution in [1.29, 1.82) is 0 Å². The molecule has 2 aromatic carbocycles. The molecular weight excluding hydrogens is 721 g/mol. The van der Waals surface area contributed by atoms with Gasteiger partial charge in [0.05, 0.1) is 32.4 Å². The monoisotopic (exact) mass is 792 g/mol. The number of rotatable bonds is 25. The molecule has 0 bridgehead atoms. The maximum atomic E-state index is 15.6. The van der Waals surface area contributed by atoms with Crippen LogP contribution in [0.2, 0.25) is 0 Å². The van der Waals surface area contributed by atoms with E-state index in [4.69, 9.17) is 16.2 Å². The predicted molar refractivity (Wildman–Crippen MR) is 219 cm³/mol. The van der Waals surface area contributed by atoms with E-state index < -0.39 is 40.3 Å². The number of carbonyl (C=O) groups is 4. The molecule has 0 heterocycles. The van der Waals surface area contributed by atoms with Crippen molar-refractivity contribution in [3.05, 3.63) is 41.5 Å². The van der Waals surface area contributed by atoms with Gasteiger partial charge in [-0.25, -0.2) is 4.39 Å². The van der Waals surface area contributed by atoms with E-state index in [0.717, 1.165) is 29.3 Å². The van der Waals surface area contributed by atoms with Gasteiger partial charge < -0.3 is 53.0 Å². The number of unbranched alkanes of at least 4 members (excludes halogenated alkanes) is 2. The Hall–Kier alpha value is -3.89. The molecule has 2 atom stereocenters. The minimum absolute atomic E-state index is 0.00172. The summed E-state index contributed by atoms with van der Waals surface area (Å²) in [7, 11) is 1.93. The van der Waals surface area contributed by atoms with Gasteiger partial charge in [0.1, 0.15) is 5.75 Å². The summed E-state index contributed by atoms with van der Waals surface area (Å²) in [6.45, 7) is 15.1. The number of aliphatic hydroxyl groups excluding tert-OH is 1. The maximum absolute atomic E-state index is 15.6. The fourth-order valence-corrected chi connectivity index (χ4v) is 5.87. The van der Waals surface area contributed by atoms with Crippen LogP contribution in [-0.2, 0) is 37.1 Å². The molecule has 14 nitrogen and oxygen atoms in total. The molecule has 2 aromatic rings. The molecule has 0 aliphatic rings. The second-order valence-corrected chi connectivity index (χ2v) is 16.0. The molecule has 2 unspecified atom stereocenters. The number of fused-ring (bicyclic) bond motifs is 1. The average molecular weight is 792 g/mol. The summed E-state index contributed by atoms with van der Waals surface area (Å²) in [5.74, 6) is -1.76. The predicted octanol–water partition coefficient (Wildman–Crippen LogP) is 2.90. The van der Waals surface area contributed by atoms with Crippen molar-refractivity contribution >= 4 is 34.4 Å². The fraction of sp³-hybridized carbons (Fsp3) is 0.659. The first-order chi connectivity index (χ1) is 26.3. The molecule has 0 radical (unpaired) electrons. The molecule has 4 amide bonds. The van der Waals surface area contributed by atoms with Gasteiger partial charge in [-0.1, -0.05) is 66.7 Å². The highest BCUT2D eigenvalue weighted by Crippen LogP contribution is 2.45. The molecule has 11 N–H and O–H groups in total. The number of benzene rings is 2. The quantitative estimate of drug-likeness (QED) is 0.0668. The van der Waals surface area contributed by atoms with Crippen molar-refractivity contribution in [1.82, 2.24) is 26.6 Å². The molecule has 2 rings (SSSR count). The van der Waals surface area contributed by atoms with Crippen molar-refractivity contribution in [3.8, 4) is 5.75 Å². The lowest BCUT2D eigenvalue weighted by Gasteiger charge is -2.47. The summed E-state index contributed by atoms with van der Waals surface area (Å²) in [6.07, 6.45) is 0.744. The number of nitrogens with one attached hydrogen (secondary N) is 5. The van der Waals surface area contributed by atoms with E-state index in [1.54, 1.807) is 26.0 Å². The van der Waals surface area contributed by atoms with Crippen molar-refractivity contribution in [3.63, 3.8) is 0 Å². The molecule has 0 aliphatic carbocycles. The van der Waals surface area contributed by atoms with Gasteiger partial charge in [-0.2, -0.15) is 0 Å². The van der Waals surface area contributed by atoms with E-state index in [-0.39, 0.29) is 70.0 Å². The topological polar surface area (TPSA) is 230 Å². The molecular formula is C41H70FN7O7. The van der Waals surface area contributed by atoms with Crippen LogP contribution in [0.3, 0.4) is 0 Å². The highest BCUT2D eigenvalue weighted by Gasteiger charge is 2.47. The van der Waals surface area contributed by atoms with Crippen LogP contribution in [-0.4, -0.2) is 99.0 Å². The number of carbonyl (C=O) groups excluding carboxylic acids is 4. The van der Waals surface area contributed by atoms with Gasteiger partial charge in [-0.05, 0) is 78.6 Å². The highest BCUT2D eigenvalue weighted by molar-refractivity contribution is 5.88. The van der Waals surface area contributed by atoms with Crippen LogP contribution >= 0.6 is 0 Å². The number of aromatic hydroxyl groups is 1. The molecule has 0 spiro atoms. The van der Waals surface area contributed by atoms with Crippen LogP contribution in [0.25, 0.3) is 10.8 Å². The van der Waals surface area contributed by atoms with Gasteiger partial charge in [-0.3, -0.25) is 19.2 Å². The Morgan fingerprint density at radius 2 is 1.54 bits per heavy atom. The van der Waals surface area contributed by atoms with E-state index in [1.165, 1.54) is 0 Å². The molecule has 0 saturated heterocycles. The van der Waals surface area contributed by atoms with Crippen LogP contribution in [0, 0.1) is 16.2 Å². The Balaban J connectivity index is 0.00000373. The second kappa shape index (κ2) is 24.7. The third kappa shape index (κ3) is 16.3. The SMILES string of the molecule is CC(C)(CNC(C(=O)NCCOCc1cccc2cc(CO)c(O)cc12)C(C)(C)C(C)(C)CCC(N)=O)C(F)C(=O)NCCCCCNC(=O)CN.CCNC. The molecule has 318 valence electrons. The summed E-state index contributed by atoms with van der Waals surface area (Å²) in [5, 5.41) is 35.8. The van der Waals surface area contributed by atoms with Gasteiger partial charge in [0, 0.05) is 43.6 Å². The van der Waals surface area contributed by atoms with Gasteiger partial charge >= 0.3 is 0 Å². The van der Waals surface area contributed by atoms with Crippen LogP contribution < -0.4 is 38.1 Å². The summed E-state index contributed by atoms with van der Waals surface area (Å²) in [4.78, 5) is 49.5. The maximum Gasteiger partial charge on any atom is 0.255 e. The number of hydrogen-bond acceptors (Lipinski definition) is 10. The van der Waals surface area contributed by atoms with Crippen molar-refractivity contribution in [2.45, 2.75) is 106 Å². The van der Waals surface area contributed by atoms with Crippen molar-refractivity contribution in [2.75, 3.05) is 52.9 Å².